The molecular weight excluding hydrogens is 553 g/mol. The molecule has 0 N–H and O–H groups in total. The van der Waals surface area contributed by atoms with Crippen LogP contribution in [0, 0.1) is 11.8 Å². The zero-order valence-electron chi connectivity index (χ0n) is 26.0. The first-order chi connectivity index (χ1) is 22.8. The third-order valence-electron chi connectivity index (χ3n) is 10.4. The van der Waals surface area contributed by atoms with E-state index in [4.69, 9.17) is 0 Å². The first-order valence-corrected chi connectivity index (χ1v) is 16.8. The SMILES string of the molecule is C1=CCCC(c2cccc(-c3cc(C4=CC=C5c6ccccc6C6=CC=CC4C65)cc(-c4cccc(C5=CC=CCC5)c4)c3)c2)=C1. The molecule has 220 valence electrons. The molecule has 46 heavy (non-hydrogen) atoms. The Hall–Kier alpha value is -5.20. The van der Waals surface area contributed by atoms with Crippen molar-refractivity contribution in [3.63, 3.8) is 0 Å². The summed E-state index contributed by atoms with van der Waals surface area (Å²) in [5.41, 5.74) is 19.0. The van der Waals surface area contributed by atoms with Crippen molar-refractivity contribution in [1.29, 1.82) is 0 Å². The highest BCUT2D eigenvalue weighted by molar-refractivity contribution is 6.01. The highest BCUT2D eigenvalue weighted by atomic mass is 14.4. The molecule has 2 unspecified atom stereocenters. The minimum absolute atomic E-state index is 0.312. The summed E-state index contributed by atoms with van der Waals surface area (Å²) in [7, 11) is 0. The van der Waals surface area contributed by atoms with E-state index < -0.39 is 0 Å². The summed E-state index contributed by atoms with van der Waals surface area (Å²) < 4.78 is 0. The molecule has 0 amide bonds. The van der Waals surface area contributed by atoms with Crippen LogP contribution in [0.25, 0.3) is 50.1 Å². The van der Waals surface area contributed by atoms with Gasteiger partial charge in [-0.05, 0) is 134 Å². The van der Waals surface area contributed by atoms with Crippen LogP contribution < -0.4 is 0 Å². The Balaban J connectivity index is 1.20. The van der Waals surface area contributed by atoms with Crippen LogP contribution in [-0.2, 0) is 0 Å². The molecule has 5 aliphatic carbocycles. The zero-order chi connectivity index (χ0) is 30.5. The molecule has 0 nitrogen and oxygen atoms in total. The Kier molecular flexibility index (Phi) is 6.67. The Morgan fingerprint density at radius 2 is 0.935 bits per heavy atom. The van der Waals surface area contributed by atoms with E-state index >= 15 is 0 Å². The average Bonchev–Trinajstić information content (AvgIpc) is 3.47. The van der Waals surface area contributed by atoms with Crippen molar-refractivity contribution >= 4 is 27.9 Å². The summed E-state index contributed by atoms with van der Waals surface area (Å²) >= 11 is 0. The van der Waals surface area contributed by atoms with Gasteiger partial charge in [-0.1, -0.05) is 127 Å². The lowest BCUT2D eigenvalue weighted by atomic mass is 9.71. The summed E-state index contributed by atoms with van der Waals surface area (Å²) in [5.74, 6) is 0.685. The number of rotatable bonds is 5. The van der Waals surface area contributed by atoms with Crippen molar-refractivity contribution in [3.05, 3.63) is 186 Å². The summed E-state index contributed by atoms with van der Waals surface area (Å²) in [4.78, 5) is 0. The van der Waals surface area contributed by atoms with Gasteiger partial charge in [0.15, 0.2) is 0 Å². The van der Waals surface area contributed by atoms with Gasteiger partial charge in [0.05, 0.1) is 0 Å². The molecule has 4 aromatic carbocycles. The Bertz CT molecular complexity index is 2050. The largest absolute Gasteiger partial charge is 0.0842 e. The second kappa shape index (κ2) is 11.3. The topological polar surface area (TPSA) is 0 Å². The second-order valence-electron chi connectivity index (χ2n) is 13.1. The quantitative estimate of drug-likeness (QED) is 0.218. The average molecular weight is 589 g/mol. The van der Waals surface area contributed by atoms with Crippen LogP contribution in [-0.4, -0.2) is 0 Å². The van der Waals surface area contributed by atoms with Crippen molar-refractivity contribution in [2.45, 2.75) is 25.7 Å². The molecular formula is C46H36. The third kappa shape index (κ3) is 4.68. The summed E-state index contributed by atoms with van der Waals surface area (Å²) in [6, 6.07) is 34.6. The molecule has 0 bridgehead atoms. The molecule has 5 aliphatic rings. The fraction of sp³-hybridized carbons (Fsp3) is 0.130. The molecule has 0 aliphatic heterocycles. The van der Waals surface area contributed by atoms with E-state index in [1.807, 2.05) is 0 Å². The smallest absolute Gasteiger partial charge is 0.0205 e. The van der Waals surface area contributed by atoms with E-state index in [-0.39, 0.29) is 0 Å². The van der Waals surface area contributed by atoms with Gasteiger partial charge in [-0.15, -0.1) is 0 Å². The van der Waals surface area contributed by atoms with E-state index in [0.717, 1.165) is 25.7 Å². The number of fused-ring (bicyclic) bond motifs is 3. The predicted octanol–water partition coefficient (Wildman–Crippen LogP) is 12.2. The van der Waals surface area contributed by atoms with E-state index in [1.54, 1.807) is 0 Å². The first kappa shape index (κ1) is 27.1. The number of benzene rings is 4. The lowest BCUT2D eigenvalue weighted by Crippen LogP contribution is -2.18. The molecule has 0 aromatic heterocycles. The van der Waals surface area contributed by atoms with Gasteiger partial charge in [0.1, 0.15) is 0 Å². The third-order valence-corrected chi connectivity index (χ3v) is 10.4. The van der Waals surface area contributed by atoms with Gasteiger partial charge in [-0.25, -0.2) is 0 Å². The molecule has 0 saturated carbocycles. The highest BCUT2D eigenvalue weighted by Gasteiger charge is 2.40. The van der Waals surface area contributed by atoms with Crippen molar-refractivity contribution in [3.8, 4) is 22.3 Å². The van der Waals surface area contributed by atoms with Gasteiger partial charge in [-0.2, -0.15) is 0 Å². The Morgan fingerprint density at radius 3 is 1.52 bits per heavy atom. The van der Waals surface area contributed by atoms with Gasteiger partial charge in [-0.3, -0.25) is 0 Å². The second-order valence-corrected chi connectivity index (χ2v) is 13.1. The molecule has 0 fully saturated rings. The van der Waals surface area contributed by atoms with Crippen LogP contribution in [0.5, 0.6) is 0 Å². The summed E-state index contributed by atoms with van der Waals surface area (Å²) in [6.07, 6.45) is 29.8. The fourth-order valence-electron chi connectivity index (χ4n) is 8.13. The number of allylic oxidation sites excluding steroid dienone is 16. The van der Waals surface area contributed by atoms with Gasteiger partial charge in [0.25, 0.3) is 0 Å². The van der Waals surface area contributed by atoms with Crippen molar-refractivity contribution in [2.24, 2.45) is 11.8 Å². The molecule has 2 atom stereocenters. The number of hydrogen-bond donors (Lipinski definition) is 0. The van der Waals surface area contributed by atoms with E-state index in [9.17, 15) is 0 Å². The van der Waals surface area contributed by atoms with E-state index in [1.165, 1.54) is 77.9 Å². The minimum atomic E-state index is 0.312. The molecule has 0 heteroatoms. The minimum Gasteiger partial charge on any atom is -0.0842 e. The van der Waals surface area contributed by atoms with Gasteiger partial charge in [0.2, 0.25) is 0 Å². The molecule has 0 heterocycles. The van der Waals surface area contributed by atoms with Crippen molar-refractivity contribution < 1.29 is 0 Å². The molecule has 0 radical (unpaired) electrons. The fourth-order valence-corrected chi connectivity index (χ4v) is 8.13. The normalized spacial score (nSPS) is 20.7. The molecule has 0 spiro atoms. The lowest BCUT2D eigenvalue weighted by Gasteiger charge is -2.32. The molecule has 9 rings (SSSR count). The van der Waals surface area contributed by atoms with Crippen LogP contribution >= 0.6 is 0 Å². The standard InChI is InChI=1S/C46H36/c1-3-12-31(13-4-1)33-16-9-18-35(26-33)37-28-38(36-19-10-17-34(27-36)32-14-5-2-6-15-32)30-39(29-37)40-24-25-45-42-21-8-7-20-41(42)44-23-11-22-43(40)46(44)45/h1-3,5,7-12,14,16-30,43,46H,4,6,13,15H2. The Morgan fingerprint density at radius 1 is 0.413 bits per heavy atom. The molecule has 0 saturated heterocycles. The van der Waals surface area contributed by atoms with Crippen molar-refractivity contribution in [2.75, 3.05) is 0 Å². The summed E-state index contributed by atoms with van der Waals surface area (Å²) in [6.45, 7) is 0. The van der Waals surface area contributed by atoms with Gasteiger partial charge >= 0.3 is 0 Å². The predicted molar refractivity (Wildman–Crippen MR) is 197 cm³/mol. The van der Waals surface area contributed by atoms with Crippen LogP contribution in [0.2, 0.25) is 0 Å². The van der Waals surface area contributed by atoms with Gasteiger partial charge < -0.3 is 0 Å². The Labute approximate surface area is 272 Å². The van der Waals surface area contributed by atoms with E-state index in [2.05, 4.69) is 158 Å². The highest BCUT2D eigenvalue weighted by Crippen LogP contribution is 2.56. The summed E-state index contributed by atoms with van der Waals surface area (Å²) in [5, 5.41) is 0. The van der Waals surface area contributed by atoms with Crippen LogP contribution in [0.15, 0.2) is 158 Å². The monoisotopic (exact) mass is 588 g/mol. The van der Waals surface area contributed by atoms with E-state index in [0.29, 0.717) is 11.8 Å². The van der Waals surface area contributed by atoms with Crippen LogP contribution in [0.3, 0.4) is 0 Å². The lowest BCUT2D eigenvalue weighted by molar-refractivity contribution is 0.725. The maximum absolute atomic E-state index is 2.44. The molecule has 4 aromatic rings. The maximum atomic E-state index is 2.44. The number of hydrogen-bond acceptors (Lipinski definition) is 0. The zero-order valence-corrected chi connectivity index (χ0v) is 26.0. The maximum Gasteiger partial charge on any atom is 0.0205 e. The van der Waals surface area contributed by atoms with Crippen LogP contribution in [0.4, 0.5) is 0 Å². The van der Waals surface area contributed by atoms with Gasteiger partial charge in [0, 0.05) is 11.8 Å². The van der Waals surface area contributed by atoms with Crippen LogP contribution in [0.1, 0.15) is 53.5 Å². The van der Waals surface area contributed by atoms with Crippen molar-refractivity contribution in [1.82, 2.24) is 0 Å². The first-order valence-electron chi connectivity index (χ1n) is 16.8.